The Morgan fingerprint density at radius 1 is 1.09 bits per heavy atom. The molecule has 1 heterocycles. The summed E-state index contributed by atoms with van der Waals surface area (Å²) >= 11 is 0. The predicted octanol–water partition coefficient (Wildman–Crippen LogP) is 2.52. The van der Waals surface area contributed by atoms with E-state index in [1.807, 2.05) is 0 Å². The Bertz CT molecular complexity index is 815. The number of aliphatic hydroxyl groups excluding tert-OH is 2. The zero-order valence-corrected chi connectivity index (χ0v) is 21.6. The molecule has 1 saturated heterocycles. The lowest BCUT2D eigenvalue weighted by atomic mass is 10.0. The normalized spacial score (nSPS) is 22.3. The van der Waals surface area contributed by atoms with Crippen LogP contribution in [0.1, 0.15) is 76.2 Å². The van der Waals surface area contributed by atoms with E-state index in [0.717, 1.165) is 25.8 Å². The molecular formula is C26H42N2O7. The van der Waals surface area contributed by atoms with E-state index in [2.05, 4.69) is 24.5 Å². The molecule has 1 aromatic rings. The van der Waals surface area contributed by atoms with Gasteiger partial charge in [-0.15, -0.1) is 0 Å². The molecule has 1 amide bonds. The highest BCUT2D eigenvalue weighted by Crippen LogP contribution is 2.27. The van der Waals surface area contributed by atoms with Crippen LogP contribution in [0.3, 0.4) is 0 Å². The zero-order chi connectivity index (χ0) is 26.0. The Morgan fingerprint density at radius 3 is 2.49 bits per heavy atom. The van der Waals surface area contributed by atoms with Gasteiger partial charge >= 0.3 is 5.97 Å². The van der Waals surface area contributed by atoms with Crippen molar-refractivity contribution in [1.82, 2.24) is 10.6 Å². The van der Waals surface area contributed by atoms with Gasteiger partial charge in [0.1, 0.15) is 18.5 Å². The van der Waals surface area contributed by atoms with Crippen LogP contribution in [-0.4, -0.2) is 65.8 Å². The Kier molecular flexibility index (Phi) is 11.9. The molecule has 9 heteroatoms. The number of carbonyl (C=O) groups excluding carboxylic acids is 2. The first-order valence-electron chi connectivity index (χ1n) is 12.6. The van der Waals surface area contributed by atoms with Gasteiger partial charge in [0.25, 0.3) is 5.91 Å². The number of nitrogens with one attached hydrogen (secondary N) is 2. The molecule has 0 spiro atoms. The van der Waals surface area contributed by atoms with E-state index in [-0.39, 0.29) is 42.1 Å². The Labute approximate surface area is 208 Å². The lowest BCUT2D eigenvalue weighted by Gasteiger charge is -2.35. The van der Waals surface area contributed by atoms with Crippen LogP contribution in [0, 0.1) is 5.92 Å². The maximum atomic E-state index is 13.0. The second kappa shape index (κ2) is 14.4. The van der Waals surface area contributed by atoms with Gasteiger partial charge in [-0.1, -0.05) is 40.2 Å². The number of hydrogen-bond acceptors (Lipinski definition) is 8. The fourth-order valence-electron chi connectivity index (χ4n) is 3.56. The summed E-state index contributed by atoms with van der Waals surface area (Å²) in [6, 6.07) is 5.39. The van der Waals surface area contributed by atoms with Gasteiger partial charge in [-0.3, -0.25) is 9.59 Å². The SMILES string of the molecule is CC(C)NCCCCCNC(=O)c1cc(COC(=O)C(C)C)ccc1O[C@H]1OC(C)[C@@H](O)C[C@H]1O. The topological polar surface area (TPSA) is 126 Å². The van der Waals surface area contributed by atoms with Crippen LogP contribution < -0.4 is 15.4 Å². The molecular weight excluding hydrogens is 452 g/mol. The molecule has 198 valence electrons. The summed E-state index contributed by atoms with van der Waals surface area (Å²) in [4.78, 5) is 24.9. The smallest absolute Gasteiger partial charge is 0.308 e. The predicted molar refractivity (Wildman–Crippen MR) is 132 cm³/mol. The number of amides is 1. The Hall–Kier alpha value is -2.20. The van der Waals surface area contributed by atoms with Crippen LogP contribution in [0.15, 0.2) is 18.2 Å². The molecule has 0 saturated carbocycles. The molecule has 1 aliphatic heterocycles. The number of benzene rings is 1. The highest BCUT2D eigenvalue weighted by molar-refractivity contribution is 5.97. The van der Waals surface area contributed by atoms with Crippen molar-refractivity contribution in [2.45, 2.75) is 97.6 Å². The zero-order valence-electron chi connectivity index (χ0n) is 21.6. The minimum Gasteiger partial charge on any atom is -0.461 e. The number of hydrogen-bond donors (Lipinski definition) is 4. The molecule has 0 aliphatic carbocycles. The van der Waals surface area contributed by atoms with Crippen LogP contribution in [0.25, 0.3) is 0 Å². The fraction of sp³-hybridized carbons (Fsp3) is 0.692. The standard InChI is InChI=1S/C26H42N2O7/c1-16(2)25(32)33-15-19-9-10-23(35-26-22(30)14-21(29)18(5)34-26)20(13-19)24(31)28-12-8-6-7-11-27-17(3)4/h9-10,13,16-18,21-22,26-27,29-30H,6-8,11-12,14-15H2,1-5H3,(H,28,31)/t18?,21-,22+,26+/m0/s1. The van der Waals surface area contributed by atoms with E-state index in [1.165, 1.54) is 0 Å². The summed E-state index contributed by atoms with van der Waals surface area (Å²) in [6.07, 6.45) is -0.393. The monoisotopic (exact) mass is 494 g/mol. The van der Waals surface area contributed by atoms with Crippen LogP contribution in [0.4, 0.5) is 0 Å². The van der Waals surface area contributed by atoms with Gasteiger partial charge < -0.3 is 35.1 Å². The molecule has 2 rings (SSSR count). The lowest BCUT2D eigenvalue weighted by Crippen LogP contribution is -2.48. The van der Waals surface area contributed by atoms with Crippen molar-refractivity contribution in [3.05, 3.63) is 29.3 Å². The summed E-state index contributed by atoms with van der Waals surface area (Å²) < 4.78 is 16.8. The summed E-state index contributed by atoms with van der Waals surface area (Å²) in [7, 11) is 0. The Morgan fingerprint density at radius 2 is 1.80 bits per heavy atom. The molecule has 1 aliphatic rings. The summed E-state index contributed by atoms with van der Waals surface area (Å²) in [6.45, 7) is 10.9. The Balaban J connectivity index is 2.06. The van der Waals surface area contributed by atoms with E-state index in [1.54, 1.807) is 39.0 Å². The summed E-state index contributed by atoms with van der Waals surface area (Å²) in [5.74, 6) is -0.654. The number of carbonyl (C=O) groups is 2. The first-order valence-corrected chi connectivity index (χ1v) is 12.6. The van der Waals surface area contributed by atoms with Gasteiger partial charge in [-0.2, -0.15) is 0 Å². The minimum absolute atomic E-state index is 0.0339. The summed E-state index contributed by atoms with van der Waals surface area (Å²) in [5.41, 5.74) is 0.907. The average molecular weight is 495 g/mol. The van der Waals surface area contributed by atoms with Gasteiger partial charge in [-0.05, 0) is 44.0 Å². The van der Waals surface area contributed by atoms with Crippen molar-refractivity contribution >= 4 is 11.9 Å². The van der Waals surface area contributed by atoms with Crippen molar-refractivity contribution in [1.29, 1.82) is 0 Å². The second-order valence-electron chi connectivity index (χ2n) is 9.72. The highest BCUT2D eigenvalue weighted by Gasteiger charge is 2.36. The van der Waals surface area contributed by atoms with Gasteiger partial charge in [0.15, 0.2) is 0 Å². The van der Waals surface area contributed by atoms with E-state index in [0.29, 0.717) is 18.2 Å². The van der Waals surface area contributed by atoms with Gasteiger partial charge in [0, 0.05) is 19.0 Å². The number of esters is 1. The maximum absolute atomic E-state index is 13.0. The third-order valence-corrected chi connectivity index (χ3v) is 5.76. The van der Waals surface area contributed by atoms with Crippen molar-refractivity contribution < 1.29 is 34.0 Å². The highest BCUT2D eigenvalue weighted by atomic mass is 16.7. The molecule has 9 nitrogen and oxygen atoms in total. The molecule has 35 heavy (non-hydrogen) atoms. The number of unbranched alkanes of at least 4 members (excludes halogenated alkanes) is 2. The van der Waals surface area contributed by atoms with Crippen LogP contribution >= 0.6 is 0 Å². The first-order chi connectivity index (χ1) is 16.6. The van der Waals surface area contributed by atoms with Crippen LogP contribution in [-0.2, 0) is 20.9 Å². The van der Waals surface area contributed by atoms with E-state index < -0.39 is 24.6 Å². The number of ether oxygens (including phenoxy) is 3. The second-order valence-corrected chi connectivity index (χ2v) is 9.72. The lowest BCUT2D eigenvalue weighted by molar-refractivity contribution is -0.228. The molecule has 1 aromatic carbocycles. The van der Waals surface area contributed by atoms with Crippen LogP contribution in [0.2, 0.25) is 0 Å². The van der Waals surface area contributed by atoms with Crippen molar-refractivity contribution in [2.24, 2.45) is 5.92 Å². The molecule has 0 aromatic heterocycles. The average Bonchev–Trinajstić information content (AvgIpc) is 2.80. The molecule has 1 fully saturated rings. The quantitative estimate of drug-likeness (QED) is 0.243. The van der Waals surface area contributed by atoms with Gasteiger partial charge in [0.2, 0.25) is 6.29 Å². The largest absolute Gasteiger partial charge is 0.461 e. The van der Waals surface area contributed by atoms with Crippen molar-refractivity contribution in [3.63, 3.8) is 0 Å². The molecule has 0 radical (unpaired) electrons. The third kappa shape index (κ3) is 9.76. The van der Waals surface area contributed by atoms with Crippen LogP contribution in [0.5, 0.6) is 5.75 Å². The first kappa shape index (κ1) is 29.0. The fourth-order valence-corrected chi connectivity index (χ4v) is 3.56. The molecule has 4 N–H and O–H groups in total. The number of aliphatic hydroxyl groups is 2. The van der Waals surface area contributed by atoms with E-state index in [4.69, 9.17) is 14.2 Å². The van der Waals surface area contributed by atoms with E-state index in [9.17, 15) is 19.8 Å². The molecule has 1 unspecified atom stereocenters. The maximum Gasteiger partial charge on any atom is 0.308 e. The van der Waals surface area contributed by atoms with Gasteiger partial charge in [-0.25, -0.2) is 0 Å². The van der Waals surface area contributed by atoms with E-state index >= 15 is 0 Å². The van der Waals surface area contributed by atoms with Crippen molar-refractivity contribution in [2.75, 3.05) is 13.1 Å². The summed E-state index contributed by atoms with van der Waals surface area (Å²) in [5, 5.41) is 26.5. The van der Waals surface area contributed by atoms with Gasteiger partial charge in [0.05, 0.1) is 23.7 Å². The molecule has 0 bridgehead atoms. The molecule has 4 atom stereocenters. The van der Waals surface area contributed by atoms with Crippen molar-refractivity contribution in [3.8, 4) is 5.75 Å². The number of rotatable bonds is 13. The minimum atomic E-state index is -1.04. The third-order valence-electron chi connectivity index (χ3n) is 5.76.